The van der Waals surface area contributed by atoms with Gasteiger partial charge in [-0.15, -0.1) is 0 Å². The van der Waals surface area contributed by atoms with E-state index in [2.05, 4.69) is 10.6 Å². The largest absolute Gasteiger partial charge is 0.336 e. The third-order valence-corrected chi connectivity index (χ3v) is 8.04. The summed E-state index contributed by atoms with van der Waals surface area (Å²) in [6.07, 6.45) is -0.270. The van der Waals surface area contributed by atoms with Crippen LogP contribution >= 0.6 is 11.6 Å². The van der Waals surface area contributed by atoms with Crippen LogP contribution in [-0.2, 0) is 16.0 Å². The van der Waals surface area contributed by atoms with Gasteiger partial charge in [-0.3, -0.25) is 19.2 Å². The van der Waals surface area contributed by atoms with Gasteiger partial charge in [-0.25, -0.2) is 8.78 Å². The lowest BCUT2D eigenvalue weighted by atomic mass is 9.69. The molecule has 0 radical (unpaired) electrons. The monoisotopic (exact) mass is 517 g/mol. The molecule has 2 aliphatic carbocycles. The molecule has 2 fully saturated rings. The predicted molar refractivity (Wildman–Crippen MR) is 129 cm³/mol. The maximum atomic E-state index is 13.7. The number of carbonyl (C=O) groups is 4. The van der Waals surface area contributed by atoms with Gasteiger partial charge in [-0.1, -0.05) is 24.6 Å². The second kappa shape index (κ2) is 8.23. The Kier molecular flexibility index (Phi) is 5.63. The number of nitrogens with zero attached hydrogens (tertiary/aromatic N) is 1. The Balaban J connectivity index is 1.45. The van der Waals surface area contributed by atoms with Crippen molar-refractivity contribution in [2.75, 3.05) is 5.32 Å². The van der Waals surface area contributed by atoms with E-state index < -0.39 is 47.7 Å². The molecular formula is C26H26ClF2N3O4. The number of aryl methyl sites for hydroxylation is 1. The molecule has 2 N–H and O–H groups in total. The Bertz CT molecular complexity index is 1340. The summed E-state index contributed by atoms with van der Waals surface area (Å²) in [4.78, 5) is 52.0. The quantitative estimate of drug-likeness (QED) is 0.415. The minimum Gasteiger partial charge on any atom is -0.336 e. The lowest BCUT2D eigenvalue weighted by Crippen LogP contribution is -2.67. The van der Waals surface area contributed by atoms with E-state index in [1.54, 1.807) is 25.1 Å². The summed E-state index contributed by atoms with van der Waals surface area (Å²) >= 11 is 6.18. The van der Waals surface area contributed by atoms with Crippen LogP contribution < -0.4 is 10.6 Å². The maximum Gasteiger partial charge on any atom is 0.293 e. The van der Waals surface area contributed by atoms with Crippen LogP contribution in [-0.4, -0.2) is 39.4 Å². The topological polar surface area (TPSA) is 97.3 Å². The molecular weight excluding hydrogens is 492 g/mol. The first-order valence-electron chi connectivity index (χ1n) is 12.0. The van der Waals surface area contributed by atoms with E-state index >= 15 is 0 Å². The lowest BCUT2D eigenvalue weighted by molar-refractivity contribution is -0.163. The van der Waals surface area contributed by atoms with Crippen molar-refractivity contribution in [2.45, 2.75) is 70.4 Å². The van der Waals surface area contributed by atoms with E-state index in [1.165, 1.54) is 6.92 Å². The highest BCUT2D eigenvalue weighted by molar-refractivity contribution is 6.44. The Morgan fingerprint density at radius 1 is 1.17 bits per heavy atom. The Labute approximate surface area is 211 Å². The average Bonchev–Trinajstić information content (AvgIpc) is 3.37. The van der Waals surface area contributed by atoms with E-state index in [0.717, 1.165) is 12.0 Å². The molecule has 0 bridgehead atoms. The predicted octanol–water partition coefficient (Wildman–Crippen LogP) is 4.57. The smallest absolute Gasteiger partial charge is 0.293 e. The molecule has 0 saturated heterocycles. The van der Waals surface area contributed by atoms with Gasteiger partial charge in [0.25, 0.3) is 23.5 Å². The number of benzene rings is 1. The number of alkyl halides is 2. The number of amides is 2. The van der Waals surface area contributed by atoms with Crippen molar-refractivity contribution < 1.29 is 28.0 Å². The number of fused-ring (bicyclic) bond motifs is 3. The molecule has 3 aliphatic rings. The molecule has 1 aromatic heterocycles. The molecule has 7 nitrogen and oxygen atoms in total. The van der Waals surface area contributed by atoms with Gasteiger partial charge in [0, 0.05) is 41.7 Å². The molecule has 2 aromatic rings. The number of rotatable bonds is 7. The number of hydrogen-bond acceptors (Lipinski definition) is 4. The van der Waals surface area contributed by atoms with Crippen molar-refractivity contribution in [3.05, 3.63) is 51.3 Å². The number of aromatic nitrogens is 1. The van der Waals surface area contributed by atoms with Crippen molar-refractivity contribution >= 4 is 40.7 Å². The van der Waals surface area contributed by atoms with Gasteiger partial charge in [0.2, 0.25) is 0 Å². The molecule has 2 saturated carbocycles. The minimum absolute atomic E-state index is 0.0398. The van der Waals surface area contributed by atoms with Crippen molar-refractivity contribution in [2.24, 2.45) is 5.92 Å². The first-order chi connectivity index (χ1) is 16.9. The van der Waals surface area contributed by atoms with Gasteiger partial charge in [0.05, 0.1) is 5.56 Å². The highest BCUT2D eigenvalue weighted by atomic mass is 35.5. The van der Waals surface area contributed by atoms with Crippen molar-refractivity contribution in [1.29, 1.82) is 0 Å². The number of nitrogens with one attached hydrogen (secondary N) is 2. The number of anilines is 1. The zero-order valence-electron chi connectivity index (χ0n) is 20.1. The van der Waals surface area contributed by atoms with Crippen molar-refractivity contribution in [1.82, 2.24) is 9.88 Å². The Morgan fingerprint density at radius 2 is 1.86 bits per heavy atom. The van der Waals surface area contributed by atoms with Crippen molar-refractivity contribution in [3.63, 3.8) is 0 Å². The fourth-order valence-corrected chi connectivity index (χ4v) is 5.89. The number of hydrogen-bond donors (Lipinski definition) is 2. The zero-order chi connectivity index (χ0) is 26.2. The molecule has 2 heterocycles. The van der Waals surface area contributed by atoms with E-state index in [9.17, 15) is 28.0 Å². The normalized spacial score (nSPS) is 22.2. The van der Waals surface area contributed by atoms with Crippen LogP contribution in [0.5, 0.6) is 0 Å². The van der Waals surface area contributed by atoms with Crippen LogP contribution in [0, 0.1) is 19.8 Å². The van der Waals surface area contributed by atoms with Crippen LogP contribution in [0.1, 0.15) is 76.3 Å². The van der Waals surface area contributed by atoms with Gasteiger partial charge >= 0.3 is 0 Å². The SMILES string of the molecule is CCC(=O)C1(NC(=O)C(=O)c2c(C)c(C(=O)Nc3ccc(C)c(Cl)c3)n3c2C[C@@H]2C[C@@H]23)CC(F)(F)C1. The molecule has 2 atom stereocenters. The molecule has 10 heteroatoms. The molecule has 5 rings (SSSR count). The summed E-state index contributed by atoms with van der Waals surface area (Å²) < 4.78 is 29.2. The first-order valence-corrected chi connectivity index (χ1v) is 12.3. The minimum atomic E-state index is -3.07. The number of halogens is 3. The standard InChI is InChI=1S/C26H26ClF2N3O4/c1-4-19(33)25(10-26(28,29)11-25)31-24(36)22(34)20-13(3)21(32-17-7-14(17)8-18(20)32)23(35)30-15-6-5-12(2)16(27)9-15/h5-6,9,14,17H,4,7-8,10-11H2,1-3H3,(H,30,35)(H,31,36)/t14-,17-/m0/s1. The summed E-state index contributed by atoms with van der Waals surface area (Å²) in [6, 6.07) is 5.21. The fraction of sp³-hybridized carbons (Fsp3) is 0.462. The fourth-order valence-electron chi connectivity index (χ4n) is 5.71. The van der Waals surface area contributed by atoms with Gasteiger partial charge in [-0.05, 0) is 55.9 Å². The van der Waals surface area contributed by atoms with E-state index in [1.807, 2.05) is 11.5 Å². The third-order valence-electron chi connectivity index (χ3n) is 7.63. The molecule has 190 valence electrons. The van der Waals surface area contributed by atoms with E-state index in [-0.39, 0.29) is 29.6 Å². The Morgan fingerprint density at radius 3 is 2.47 bits per heavy atom. The summed E-state index contributed by atoms with van der Waals surface area (Å²) in [6.45, 7) is 4.97. The zero-order valence-corrected chi connectivity index (χ0v) is 20.9. The molecule has 36 heavy (non-hydrogen) atoms. The van der Waals surface area contributed by atoms with Crippen LogP contribution in [0.3, 0.4) is 0 Å². The summed E-state index contributed by atoms with van der Waals surface area (Å²) in [5, 5.41) is 5.64. The van der Waals surface area contributed by atoms with Crippen molar-refractivity contribution in [3.8, 4) is 0 Å². The van der Waals surface area contributed by atoms with E-state index in [4.69, 9.17) is 11.6 Å². The van der Waals surface area contributed by atoms with Crippen LogP contribution in [0.4, 0.5) is 14.5 Å². The van der Waals surface area contributed by atoms with Crippen LogP contribution in [0.15, 0.2) is 18.2 Å². The van der Waals surface area contributed by atoms with Gasteiger partial charge in [0.1, 0.15) is 11.2 Å². The number of ketones is 2. The summed E-state index contributed by atoms with van der Waals surface area (Å²) in [7, 11) is 0. The maximum absolute atomic E-state index is 13.7. The third kappa shape index (κ3) is 3.84. The molecule has 0 unspecified atom stereocenters. The molecule has 1 aliphatic heterocycles. The number of Topliss-reactive ketones (excluding diaryl/α,β-unsaturated/α-hetero) is 2. The first kappa shape index (κ1) is 24.6. The Hall–Kier alpha value is -3.07. The summed E-state index contributed by atoms with van der Waals surface area (Å²) in [5.74, 6) is -5.78. The van der Waals surface area contributed by atoms with Gasteiger partial charge < -0.3 is 15.2 Å². The second-order valence-corrected chi connectivity index (χ2v) is 10.6. The summed E-state index contributed by atoms with van der Waals surface area (Å²) in [5.41, 5.74) is 0.950. The highest BCUT2D eigenvalue weighted by Gasteiger charge is 2.61. The molecule has 0 spiro atoms. The highest BCUT2D eigenvalue weighted by Crippen LogP contribution is 2.54. The molecule has 2 amide bonds. The van der Waals surface area contributed by atoms with E-state index in [0.29, 0.717) is 28.4 Å². The molecule has 1 aromatic carbocycles. The lowest BCUT2D eigenvalue weighted by Gasteiger charge is -2.46. The number of carbonyl (C=O) groups excluding carboxylic acids is 4. The van der Waals surface area contributed by atoms with Gasteiger partial charge in [0.15, 0.2) is 5.78 Å². The van der Waals surface area contributed by atoms with Crippen LogP contribution in [0.2, 0.25) is 5.02 Å². The average molecular weight is 518 g/mol. The second-order valence-electron chi connectivity index (χ2n) is 10.2. The van der Waals surface area contributed by atoms with Crippen LogP contribution in [0.25, 0.3) is 0 Å². The van der Waals surface area contributed by atoms with Gasteiger partial charge in [-0.2, -0.15) is 0 Å².